The summed E-state index contributed by atoms with van der Waals surface area (Å²) in [6, 6.07) is 4.09. The summed E-state index contributed by atoms with van der Waals surface area (Å²) in [6.07, 6.45) is 5.34. The van der Waals surface area contributed by atoms with E-state index in [2.05, 4.69) is 10.3 Å². The smallest absolute Gasteiger partial charge is 0.306 e. The van der Waals surface area contributed by atoms with Crippen LogP contribution in [0.4, 0.5) is 0 Å². The second kappa shape index (κ2) is 6.52. The van der Waals surface area contributed by atoms with Crippen LogP contribution in [0.3, 0.4) is 0 Å². The minimum atomic E-state index is -0.669. The summed E-state index contributed by atoms with van der Waals surface area (Å²) in [5.74, 6) is -0.259. The first kappa shape index (κ1) is 13.8. The molecule has 1 aliphatic carbocycles. The molecule has 0 aromatic carbocycles. The van der Waals surface area contributed by atoms with Crippen molar-refractivity contribution in [3.8, 4) is 5.88 Å². The van der Waals surface area contributed by atoms with Crippen LogP contribution in [0.25, 0.3) is 0 Å². The Balaban J connectivity index is 1.82. The molecule has 1 aromatic rings. The molecule has 0 radical (unpaired) electrons. The van der Waals surface area contributed by atoms with E-state index in [0.717, 1.165) is 31.2 Å². The highest BCUT2D eigenvalue weighted by Crippen LogP contribution is 2.24. The number of rotatable bonds is 5. The Morgan fingerprint density at radius 1 is 1.53 bits per heavy atom. The first-order chi connectivity index (χ1) is 9.19. The molecule has 104 valence electrons. The van der Waals surface area contributed by atoms with Gasteiger partial charge in [-0.3, -0.25) is 4.79 Å². The van der Waals surface area contributed by atoms with Crippen molar-refractivity contribution in [3.63, 3.8) is 0 Å². The first-order valence-electron chi connectivity index (χ1n) is 6.64. The van der Waals surface area contributed by atoms with Crippen LogP contribution in [0.5, 0.6) is 5.88 Å². The van der Waals surface area contributed by atoms with Gasteiger partial charge in [-0.2, -0.15) is 0 Å². The zero-order valence-electron chi connectivity index (χ0n) is 11.1. The van der Waals surface area contributed by atoms with Crippen LogP contribution in [0.2, 0.25) is 0 Å². The largest absolute Gasteiger partial charge is 0.481 e. The number of aliphatic carboxylic acids is 1. The molecule has 2 atom stereocenters. The fourth-order valence-electron chi connectivity index (χ4n) is 2.50. The van der Waals surface area contributed by atoms with Crippen LogP contribution in [-0.4, -0.2) is 29.2 Å². The van der Waals surface area contributed by atoms with Crippen molar-refractivity contribution in [1.29, 1.82) is 0 Å². The third-order valence-electron chi connectivity index (χ3n) is 3.63. The standard InChI is InChI=1S/C14H20N2O3/c1-19-13-6-5-10(9-16-13)8-15-12-4-2-3-11(7-12)14(17)18/h5-6,9,11-12,15H,2-4,7-8H2,1H3,(H,17,18). The Hall–Kier alpha value is -1.62. The Labute approximate surface area is 113 Å². The number of pyridine rings is 1. The van der Waals surface area contributed by atoms with Crippen LogP contribution in [-0.2, 0) is 11.3 Å². The van der Waals surface area contributed by atoms with E-state index < -0.39 is 5.97 Å². The summed E-state index contributed by atoms with van der Waals surface area (Å²) in [4.78, 5) is 15.1. The van der Waals surface area contributed by atoms with E-state index >= 15 is 0 Å². The topological polar surface area (TPSA) is 71.5 Å². The second-order valence-electron chi connectivity index (χ2n) is 4.99. The highest BCUT2D eigenvalue weighted by Gasteiger charge is 2.26. The Kier molecular flexibility index (Phi) is 4.74. The normalized spacial score (nSPS) is 23.0. The maximum absolute atomic E-state index is 11.0. The molecular formula is C14H20N2O3. The van der Waals surface area contributed by atoms with E-state index in [9.17, 15) is 4.79 Å². The van der Waals surface area contributed by atoms with Crippen molar-refractivity contribution in [2.45, 2.75) is 38.3 Å². The summed E-state index contributed by atoms with van der Waals surface area (Å²) >= 11 is 0. The first-order valence-corrected chi connectivity index (χ1v) is 6.64. The molecule has 0 bridgehead atoms. The summed E-state index contributed by atoms with van der Waals surface area (Å²) in [5, 5.41) is 12.5. The molecule has 2 unspecified atom stereocenters. The van der Waals surface area contributed by atoms with Gasteiger partial charge in [0.2, 0.25) is 5.88 Å². The molecule has 2 rings (SSSR count). The van der Waals surface area contributed by atoms with Gasteiger partial charge in [0.05, 0.1) is 13.0 Å². The summed E-state index contributed by atoms with van der Waals surface area (Å²) in [5.41, 5.74) is 1.08. The summed E-state index contributed by atoms with van der Waals surface area (Å²) < 4.78 is 5.01. The van der Waals surface area contributed by atoms with Crippen LogP contribution in [0, 0.1) is 5.92 Å². The quantitative estimate of drug-likeness (QED) is 0.849. The molecule has 5 heteroatoms. The van der Waals surface area contributed by atoms with Gasteiger partial charge >= 0.3 is 5.97 Å². The van der Waals surface area contributed by atoms with E-state index in [1.54, 1.807) is 13.3 Å². The van der Waals surface area contributed by atoms with Gasteiger partial charge in [-0.15, -0.1) is 0 Å². The van der Waals surface area contributed by atoms with Gasteiger partial charge < -0.3 is 15.2 Å². The fraction of sp³-hybridized carbons (Fsp3) is 0.571. The number of ether oxygens (including phenoxy) is 1. The fourth-order valence-corrected chi connectivity index (χ4v) is 2.50. The average molecular weight is 264 g/mol. The average Bonchev–Trinajstić information content (AvgIpc) is 2.46. The van der Waals surface area contributed by atoms with Crippen LogP contribution in [0.15, 0.2) is 18.3 Å². The SMILES string of the molecule is COc1ccc(CNC2CCCC(C(=O)O)C2)cn1. The molecule has 1 aromatic heterocycles. The number of nitrogens with zero attached hydrogens (tertiary/aromatic N) is 1. The molecule has 1 heterocycles. The summed E-state index contributed by atoms with van der Waals surface area (Å²) in [6.45, 7) is 0.716. The number of aromatic nitrogens is 1. The number of hydrogen-bond acceptors (Lipinski definition) is 4. The molecular weight excluding hydrogens is 244 g/mol. The lowest BCUT2D eigenvalue weighted by atomic mass is 9.86. The molecule has 19 heavy (non-hydrogen) atoms. The lowest BCUT2D eigenvalue weighted by Gasteiger charge is -2.27. The second-order valence-corrected chi connectivity index (χ2v) is 4.99. The predicted octanol–water partition coefficient (Wildman–Crippen LogP) is 1.82. The molecule has 1 fully saturated rings. The maximum atomic E-state index is 11.0. The van der Waals surface area contributed by atoms with E-state index in [4.69, 9.17) is 9.84 Å². The molecule has 1 aliphatic rings. The number of carboxylic acid groups (broad SMARTS) is 1. The minimum Gasteiger partial charge on any atom is -0.481 e. The van der Waals surface area contributed by atoms with Gasteiger partial charge in [0.1, 0.15) is 0 Å². The lowest BCUT2D eigenvalue weighted by Crippen LogP contribution is -2.36. The van der Waals surface area contributed by atoms with Crippen molar-refractivity contribution in [2.24, 2.45) is 5.92 Å². The molecule has 5 nitrogen and oxygen atoms in total. The zero-order chi connectivity index (χ0) is 13.7. The maximum Gasteiger partial charge on any atom is 0.306 e. The Morgan fingerprint density at radius 2 is 2.37 bits per heavy atom. The summed E-state index contributed by atoms with van der Waals surface area (Å²) in [7, 11) is 1.59. The highest BCUT2D eigenvalue weighted by molar-refractivity contribution is 5.70. The molecule has 0 saturated heterocycles. The van der Waals surface area contributed by atoms with E-state index in [1.165, 1.54) is 0 Å². The number of methoxy groups -OCH3 is 1. The monoisotopic (exact) mass is 264 g/mol. The van der Waals surface area contributed by atoms with Gasteiger partial charge in [-0.25, -0.2) is 4.98 Å². The molecule has 0 spiro atoms. The molecule has 2 N–H and O–H groups in total. The van der Waals surface area contributed by atoms with Crippen molar-refractivity contribution in [1.82, 2.24) is 10.3 Å². The van der Waals surface area contributed by atoms with E-state index in [1.807, 2.05) is 12.1 Å². The van der Waals surface area contributed by atoms with Gasteiger partial charge in [0.25, 0.3) is 0 Å². The van der Waals surface area contributed by atoms with Gasteiger partial charge in [0, 0.05) is 24.8 Å². The van der Waals surface area contributed by atoms with Crippen molar-refractivity contribution in [3.05, 3.63) is 23.9 Å². The predicted molar refractivity (Wildman–Crippen MR) is 71.0 cm³/mol. The number of nitrogens with one attached hydrogen (secondary N) is 1. The number of carboxylic acids is 1. The highest BCUT2D eigenvalue weighted by atomic mass is 16.5. The van der Waals surface area contributed by atoms with Crippen LogP contribution in [0.1, 0.15) is 31.2 Å². The third kappa shape index (κ3) is 3.92. The zero-order valence-corrected chi connectivity index (χ0v) is 11.1. The van der Waals surface area contributed by atoms with Crippen LogP contribution >= 0.6 is 0 Å². The number of hydrogen-bond donors (Lipinski definition) is 2. The van der Waals surface area contributed by atoms with Crippen LogP contribution < -0.4 is 10.1 Å². The lowest BCUT2D eigenvalue weighted by molar-refractivity contribution is -0.143. The minimum absolute atomic E-state index is 0.194. The van der Waals surface area contributed by atoms with E-state index in [0.29, 0.717) is 12.4 Å². The Bertz CT molecular complexity index is 419. The van der Waals surface area contributed by atoms with Crippen molar-refractivity contribution in [2.75, 3.05) is 7.11 Å². The van der Waals surface area contributed by atoms with Crippen molar-refractivity contribution >= 4 is 5.97 Å². The Morgan fingerprint density at radius 3 is 3.00 bits per heavy atom. The number of carbonyl (C=O) groups is 1. The molecule has 0 aliphatic heterocycles. The van der Waals surface area contributed by atoms with Crippen molar-refractivity contribution < 1.29 is 14.6 Å². The molecule has 0 amide bonds. The van der Waals surface area contributed by atoms with Gasteiger partial charge in [-0.1, -0.05) is 12.5 Å². The van der Waals surface area contributed by atoms with Gasteiger partial charge in [0.15, 0.2) is 0 Å². The third-order valence-corrected chi connectivity index (χ3v) is 3.63. The molecule has 1 saturated carbocycles. The van der Waals surface area contributed by atoms with E-state index in [-0.39, 0.29) is 12.0 Å². The van der Waals surface area contributed by atoms with Gasteiger partial charge in [-0.05, 0) is 24.8 Å².